The fraction of sp³-hybridized carbons (Fsp3) is 0.231. The van der Waals surface area contributed by atoms with Crippen LogP contribution in [0.2, 0.25) is 0 Å². The fourth-order valence-corrected chi connectivity index (χ4v) is 6.13. The Balaban J connectivity index is 3.62. The number of nitrogens with one attached hydrogen (secondary N) is 3. The first-order valence-electron chi connectivity index (χ1n) is 6.31. The van der Waals surface area contributed by atoms with Crippen LogP contribution in [0.1, 0.15) is 27.6 Å². The second-order valence-corrected chi connectivity index (χ2v) is 7.64. The van der Waals surface area contributed by atoms with Gasteiger partial charge in [-0.25, -0.2) is 0 Å². The highest BCUT2D eigenvalue weighted by molar-refractivity contribution is 14.1. The van der Waals surface area contributed by atoms with Gasteiger partial charge >= 0.3 is 5.97 Å². The van der Waals surface area contributed by atoms with Crippen molar-refractivity contribution < 1.29 is 24.3 Å². The van der Waals surface area contributed by atoms with Gasteiger partial charge in [-0.2, -0.15) is 0 Å². The highest BCUT2D eigenvalue weighted by atomic mass is 127. The average Bonchev–Trinajstić information content (AvgIpc) is 2.49. The molecule has 0 heterocycles. The third-order valence-corrected chi connectivity index (χ3v) is 5.94. The van der Waals surface area contributed by atoms with Crippen molar-refractivity contribution in [3.63, 3.8) is 0 Å². The number of carbonyl (C=O) groups is 4. The number of halogens is 3. The van der Waals surface area contributed by atoms with Crippen LogP contribution in [0.15, 0.2) is 0 Å². The van der Waals surface area contributed by atoms with Gasteiger partial charge in [-0.1, -0.05) is 0 Å². The summed E-state index contributed by atoms with van der Waals surface area (Å²) in [5.74, 6) is -2.60. The Bertz CT molecular complexity index is 736. The zero-order valence-corrected chi connectivity index (χ0v) is 18.9. The van der Waals surface area contributed by atoms with Crippen molar-refractivity contribution in [1.82, 2.24) is 10.6 Å². The molecule has 0 unspecified atom stereocenters. The molecule has 130 valence electrons. The minimum atomic E-state index is -1.19. The van der Waals surface area contributed by atoms with Crippen molar-refractivity contribution in [1.29, 1.82) is 0 Å². The lowest BCUT2D eigenvalue weighted by molar-refractivity contribution is -0.135. The minimum absolute atomic E-state index is 0.139. The van der Waals surface area contributed by atoms with Crippen LogP contribution in [0.4, 0.5) is 5.69 Å². The molecule has 0 saturated heterocycles. The molecule has 1 aromatic carbocycles. The number of carbonyl (C=O) groups excluding carboxylic acids is 3. The first-order chi connectivity index (χ1) is 11.1. The van der Waals surface area contributed by atoms with Crippen molar-refractivity contribution >= 4 is 97.2 Å². The number of amides is 3. The Morgan fingerprint density at radius 1 is 0.958 bits per heavy atom. The normalized spacial score (nSPS) is 10.0. The summed E-state index contributed by atoms with van der Waals surface area (Å²) in [6, 6.07) is 0. The summed E-state index contributed by atoms with van der Waals surface area (Å²) in [5.41, 5.74) is 0.715. The van der Waals surface area contributed by atoms with Gasteiger partial charge in [0.2, 0.25) is 5.91 Å². The minimum Gasteiger partial charge on any atom is -0.480 e. The van der Waals surface area contributed by atoms with Crippen molar-refractivity contribution in [2.45, 2.75) is 6.92 Å². The van der Waals surface area contributed by atoms with Gasteiger partial charge in [0.25, 0.3) is 11.8 Å². The first-order valence-corrected chi connectivity index (χ1v) is 9.55. The Morgan fingerprint density at radius 3 is 1.88 bits per heavy atom. The van der Waals surface area contributed by atoms with Gasteiger partial charge < -0.3 is 21.1 Å². The lowest BCUT2D eigenvalue weighted by Gasteiger charge is -2.18. The Morgan fingerprint density at radius 2 is 1.46 bits per heavy atom. The Labute approximate surface area is 178 Å². The van der Waals surface area contributed by atoms with Gasteiger partial charge in [0.15, 0.2) is 0 Å². The lowest BCUT2D eigenvalue weighted by Crippen LogP contribution is -2.32. The van der Waals surface area contributed by atoms with E-state index in [1.807, 2.05) is 67.8 Å². The summed E-state index contributed by atoms with van der Waals surface area (Å²) in [4.78, 5) is 46.7. The molecule has 3 amide bonds. The molecule has 0 aliphatic heterocycles. The largest absolute Gasteiger partial charge is 0.480 e. The molecular formula is C13H12I3N3O5. The first kappa shape index (κ1) is 21.3. The summed E-state index contributed by atoms with van der Waals surface area (Å²) in [5, 5.41) is 16.1. The lowest BCUT2D eigenvalue weighted by atomic mass is 10.1. The maximum absolute atomic E-state index is 12.4. The van der Waals surface area contributed by atoms with E-state index in [-0.39, 0.29) is 17.0 Å². The second-order valence-electron chi connectivity index (χ2n) is 4.40. The molecule has 0 aliphatic carbocycles. The maximum atomic E-state index is 12.4. The summed E-state index contributed by atoms with van der Waals surface area (Å²) in [6.45, 7) is 0.760. The highest BCUT2D eigenvalue weighted by Gasteiger charge is 2.27. The molecule has 0 radical (unpaired) electrons. The maximum Gasteiger partial charge on any atom is 0.322 e. The molecule has 0 aliphatic rings. The molecule has 24 heavy (non-hydrogen) atoms. The van der Waals surface area contributed by atoms with Gasteiger partial charge in [-0.15, -0.1) is 0 Å². The molecule has 0 fully saturated rings. The van der Waals surface area contributed by atoms with Gasteiger partial charge in [-0.05, 0) is 67.8 Å². The van der Waals surface area contributed by atoms with Crippen LogP contribution in [-0.4, -0.2) is 42.4 Å². The van der Waals surface area contributed by atoms with Crippen LogP contribution < -0.4 is 16.0 Å². The number of carboxylic acid groups (broad SMARTS) is 1. The van der Waals surface area contributed by atoms with E-state index in [4.69, 9.17) is 5.11 Å². The molecule has 0 atom stereocenters. The Kier molecular flexibility index (Phi) is 8.10. The van der Waals surface area contributed by atoms with E-state index in [0.29, 0.717) is 16.4 Å². The van der Waals surface area contributed by atoms with Crippen molar-refractivity contribution in [3.8, 4) is 0 Å². The number of benzene rings is 1. The predicted molar refractivity (Wildman–Crippen MR) is 112 cm³/mol. The third kappa shape index (κ3) is 4.90. The molecule has 0 saturated carbocycles. The van der Waals surface area contributed by atoms with E-state index in [1.54, 1.807) is 0 Å². The molecule has 1 rings (SSSR count). The van der Waals surface area contributed by atoms with Gasteiger partial charge in [0.1, 0.15) is 6.54 Å². The summed E-state index contributed by atoms with van der Waals surface area (Å²) in [7, 11) is 1.45. The van der Waals surface area contributed by atoms with E-state index in [1.165, 1.54) is 14.0 Å². The molecular weight excluding hydrogens is 659 g/mol. The molecule has 8 nitrogen and oxygen atoms in total. The topological polar surface area (TPSA) is 125 Å². The number of rotatable bonds is 5. The van der Waals surface area contributed by atoms with Gasteiger partial charge in [0, 0.05) is 17.5 Å². The van der Waals surface area contributed by atoms with Crippen LogP contribution in [0.5, 0.6) is 0 Å². The summed E-state index contributed by atoms with van der Waals surface area (Å²) < 4.78 is 1.29. The third-order valence-electron chi connectivity index (χ3n) is 2.70. The molecule has 0 spiro atoms. The zero-order chi connectivity index (χ0) is 18.6. The standard InChI is InChI=1S/C13H12I3N3O5/c1-4(20)19-11-9(15)6(12(23)17-2)8(14)7(10(11)16)13(24)18-3-5(21)22/h3H2,1-2H3,(H,17,23)(H,18,24)(H,19,20)(H,21,22). The second kappa shape index (κ2) is 9.12. The SMILES string of the molecule is CNC(=O)c1c(I)c(NC(C)=O)c(I)c(C(=O)NCC(=O)O)c1I. The fourth-order valence-electron chi connectivity index (χ4n) is 1.72. The van der Waals surface area contributed by atoms with E-state index in [9.17, 15) is 19.2 Å². The average molecular weight is 671 g/mol. The molecule has 11 heteroatoms. The van der Waals surface area contributed by atoms with Crippen LogP contribution >= 0.6 is 67.8 Å². The van der Waals surface area contributed by atoms with E-state index in [2.05, 4.69) is 16.0 Å². The molecule has 0 bridgehead atoms. The van der Waals surface area contributed by atoms with Crippen molar-refractivity contribution in [2.24, 2.45) is 0 Å². The Hall–Kier alpha value is -0.710. The number of anilines is 1. The monoisotopic (exact) mass is 671 g/mol. The molecule has 1 aromatic rings. The van der Waals surface area contributed by atoms with Gasteiger partial charge in [0.05, 0.1) is 24.0 Å². The summed E-state index contributed by atoms with van der Waals surface area (Å²) >= 11 is 5.67. The highest BCUT2D eigenvalue weighted by Crippen LogP contribution is 2.35. The number of aliphatic carboxylic acids is 1. The van der Waals surface area contributed by atoms with Crippen LogP contribution in [-0.2, 0) is 9.59 Å². The number of carboxylic acids is 1. The van der Waals surface area contributed by atoms with Crippen LogP contribution in [0.3, 0.4) is 0 Å². The van der Waals surface area contributed by atoms with Crippen LogP contribution in [0, 0.1) is 10.7 Å². The van der Waals surface area contributed by atoms with Crippen LogP contribution in [0.25, 0.3) is 0 Å². The molecule has 4 N–H and O–H groups in total. The smallest absolute Gasteiger partial charge is 0.322 e. The van der Waals surface area contributed by atoms with Crippen molar-refractivity contribution in [3.05, 3.63) is 21.8 Å². The van der Waals surface area contributed by atoms with E-state index in [0.717, 1.165) is 0 Å². The van der Waals surface area contributed by atoms with Gasteiger partial charge in [-0.3, -0.25) is 19.2 Å². The number of hydrogen-bond donors (Lipinski definition) is 4. The summed E-state index contributed by atoms with van der Waals surface area (Å²) in [6.07, 6.45) is 0. The van der Waals surface area contributed by atoms with Crippen molar-refractivity contribution in [2.75, 3.05) is 18.9 Å². The number of hydrogen-bond acceptors (Lipinski definition) is 4. The quantitative estimate of drug-likeness (QED) is 0.355. The predicted octanol–water partition coefficient (Wildman–Crippen LogP) is 1.63. The molecule has 0 aromatic heterocycles. The zero-order valence-electron chi connectivity index (χ0n) is 12.4. The van der Waals surface area contributed by atoms with E-state index >= 15 is 0 Å². The van der Waals surface area contributed by atoms with E-state index < -0.39 is 24.3 Å².